The lowest BCUT2D eigenvalue weighted by atomic mass is 10.1. The van der Waals surface area contributed by atoms with Gasteiger partial charge in [0.15, 0.2) is 0 Å². The summed E-state index contributed by atoms with van der Waals surface area (Å²) in [5, 5.41) is 0.504. The van der Waals surface area contributed by atoms with Crippen LogP contribution >= 0.6 is 27.5 Å². The molecule has 0 aliphatic heterocycles. The molecule has 20 heavy (non-hydrogen) atoms. The highest BCUT2D eigenvalue weighted by atomic mass is 79.9. The number of nitrogens with one attached hydrogen (secondary N) is 1. The van der Waals surface area contributed by atoms with E-state index in [2.05, 4.69) is 20.7 Å². The molecular formula is C14H13BrClNO2S. The zero-order valence-corrected chi connectivity index (χ0v) is 13.8. The highest BCUT2D eigenvalue weighted by Gasteiger charge is 2.18. The molecule has 2 aromatic carbocycles. The lowest BCUT2D eigenvalue weighted by molar-refractivity contribution is 0.567. The number of hydrogen-bond donors (Lipinski definition) is 1. The molecule has 0 spiro atoms. The van der Waals surface area contributed by atoms with Gasteiger partial charge in [0.05, 0.1) is 4.90 Å². The van der Waals surface area contributed by atoms with E-state index in [1.54, 1.807) is 19.1 Å². The Hall–Kier alpha value is -0.880. The van der Waals surface area contributed by atoms with E-state index in [9.17, 15) is 8.42 Å². The average molecular weight is 375 g/mol. The minimum Gasteiger partial charge on any atom is -0.207 e. The molecule has 106 valence electrons. The monoisotopic (exact) mass is 373 g/mol. The molecule has 2 aromatic rings. The molecule has 1 atom stereocenters. The first-order chi connectivity index (χ1) is 9.38. The van der Waals surface area contributed by atoms with Crippen LogP contribution in [0, 0.1) is 0 Å². The van der Waals surface area contributed by atoms with E-state index >= 15 is 0 Å². The SMILES string of the molecule is C[C@H](NS(=O)(=O)c1ccc(Cl)cc1)c1cccc(Br)c1. The summed E-state index contributed by atoms with van der Waals surface area (Å²) < 4.78 is 28.0. The van der Waals surface area contributed by atoms with Crippen LogP contribution in [0.3, 0.4) is 0 Å². The first kappa shape index (κ1) is 15.5. The Bertz CT molecular complexity index is 701. The van der Waals surface area contributed by atoms with Gasteiger partial charge in [-0.15, -0.1) is 0 Å². The molecule has 0 bridgehead atoms. The maximum absolute atomic E-state index is 12.2. The Morgan fingerprint density at radius 3 is 2.40 bits per heavy atom. The van der Waals surface area contributed by atoms with Crippen LogP contribution in [0.4, 0.5) is 0 Å². The van der Waals surface area contributed by atoms with E-state index in [4.69, 9.17) is 11.6 Å². The van der Waals surface area contributed by atoms with Crippen LogP contribution in [0.15, 0.2) is 57.9 Å². The summed E-state index contributed by atoms with van der Waals surface area (Å²) in [5.41, 5.74) is 0.886. The van der Waals surface area contributed by atoms with Crippen molar-refractivity contribution in [2.75, 3.05) is 0 Å². The first-order valence-corrected chi connectivity index (χ1v) is 8.57. The quantitative estimate of drug-likeness (QED) is 0.874. The fraction of sp³-hybridized carbons (Fsp3) is 0.143. The molecule has 3 nitrogen and oxygen atoms in total. The van der Waals surface area contributed by atoms with Gasteiger partial charge in [-0.05, 0) is 48.9 Å². The third kappa shape index (κ3) is 3.82. The largest absolute Gasteiger partial charge is 0.241 e. The molecule has 0 radical (unpaired) electrons. The topological polar surface area (TPSA) is 46.2 Å². The summed E-state index contributed by atoms with van der Waals surface area (Å²) in [6, 6.07) is 13.3. The second-order valence-electron chi connectivity index (χ2n) is 4.35. The second kappa shape index (κ2) is 6.26. The van der Waals surface area contributed by atoms with Crippen molar-refractivity contribution >= 4 is 37.6 Å². The molecule has 0 aliphatic carbocycles. The normalized spacial score (nSPS) is 13.2. The maximum Gasteiger partial charge on any atom is 0.241 e. The van der Waals surface area contributed by atoms with Gasteiger partial charge < -0.3 is 0 Å². The Morgan fingerprint density at radius 1 is 1.15 bits per heavy atom. The highest BCUT2D eigenvalue weighted by Crippen LogP contribution is 2.21. The number of halogens is 2. The number of hydrogen-bond acceptors (Lipinski definition) is 2. The zero-order chi connectivity index (χ0) is 14.8. The van der Waals surface area contributed by atoms with Crippen LogP contribution in [-0.2, 0) is 10.0 Å². The number of rotatable bonds is 4. The van der Waals surface area contributed by atoms with Crippen LogP contribution in [-0.4, -0.2) is 8.42 Å². The van der Waals surface area contributed by atoms with E-state index < -0.39 is 10.0 Å². The number of benzene rings is 2. The van der Waals surface area contributed by atoms with Gasteiger partial charge in [-0.1, -0.05) is 39.7 Å². The van der Waals surface area contributed by atoms with Crippen molar-refractivity contribution in [2.24, 2.45) is 0 Å². The van der Waals surface area contributed by atoms with Gasteiger partial charge in [-0.25, -0.2) is 13.1 Å². The molecule has 6 heteroatoms. The predicted molar refractivity (Wildman–Crippen MR) is 84.3 cm³/mol. The van der Waals surface area contributed by atoms with Crippen molar-refractivity contribution < 1.29 is 8.42 Å². The van der Waals surface area contributed by atoms with Crippen molar-refractivity contribution in [1.29, 1.82) is 0 Å². The van der Waals surface area contributed by atoms with E-state index in [-0.39, 0.29) is 10.9 Å². The minimum atomic E-state index is -3.56. The van der Waals surface area contributed by atoms with Crippen LogP contribution in [0.1, 0.15) is 18.5 Å². The van der Waals surface area contributed by atoms with Crippen LogP contribution in [0.25, 0.3) is 0 Å². The van der Waals surface area contributed by atoms with E-state index in [0.29, 0.717) is 5.02 Å². The van der Waals surface area contributed by atoms with E-state index in [0.717, 1.165) is 10.0 Å². The molecule has 0 saturated heterocycles. The van der Waals surface area contributed by atoms with Crippen LogP contribution < -0.4 is 4.72 Å². The molecule has 0 unspecified atom stereocenters. The summed E-state index contributed by atoms with van der Waals surface area (Å²) in [5.74, 6) is 0. The zero-order valence-electron chi connectivity index (χ0n) is 10.7. The standard InChI is InChI=1S/C14H13BrClNO2S/c1-10(11-3-2-4-12(15)9-11)17-20(18,19)14-7-5-13(16)6-8-14/h2-10,17H,1H3/t10-/m0/s1. The third-order valence-electron chi connectivity index (χ3n) is 2.80. The predicted octanol–water partition coefficient (Wildman–Crippen LogP) is 4.14. The van der Waals surface area contributed by atoms with E-state index in [1.807, 2.05) is 24.3 Å². The lowest BCUT2D eigenvalue weighted by Gasteiger charge is -2.15. The fourth-order valence-corrected chi connectivity index (χ4v) is 3.53. The lowest BCUT2D eigenvalue weighted by Crippen LogP contribution is -2.26. The fourth-order valence-electron chi connectivity index (χ4n) is 1.76. The summed E-state index contributed by atoms with van der Waals surface area (Å²) in [4.78, 5) is 0.198. The summed E-state index contributed by atoms with van der Waals surface area (Å²) >= 11 is 9.13. The van der Waals surface area contributed by atoms with Gasteiger partial charge >= 0.3 is 0 Å². The molecule has 0 heterocycles. The minimum absolute atomic E-state index is 0.198. The average Bonchev–Trinajstić information content (AvgIpc) is 2.38. The van der Waals surface area contributed by atoms with Crippen molar-refractivity contribution in [3.63, 3.8) is 0 Å². The molecule has 0 saturated carbocycles. The molecular weight excluding hydrogens is 362 g/mol. The molecule has 2 rings (SSSR count). The number of sulfonamides is 1. The molecule has 1 N–H and O–H groups in total. The van der Waals surface area contributed by atoms with Crippen molar-refractivity contribution in [3.05, 3.63) is 63.6 Å². The summed E-state index contributed by atoms with van der Waals surface area (Å²) in [6.07, 6.45) is 0. The summed E-state index contributed by atoms with van der Waals surface area (Å²) in [6.45, 7) is 1.80. The van der Waals surface area contributed by atoms with E-state index in [1.165, 1.54) is 12.1 Å². The molecule has 0 aliphatic rings. The molecule has 0 aromatic heterocycles. The molecule has 0 fully saturated rings. The van der Waals surface area contributed by atoms with Gasteiger partial charge in [0.2, 0.25) is 10.0 Å². The summed E-state index contributed by atoms with van der Waals surface area (Å²) in [7, 11) is -3.56. The van der Waals surface area contributed by atoms with Gasteiger partial charge in [0.25, 0.3) is 0 Å². The van der Waals surface area contributed by atoms with Crippen molar-refractivity contribution in [3.8, 4) is 0 Å². The van der Waals surface area contributed by atoms with Gasteiger partial charge in [-0.2, -0.15) is 0 Å². The van der Waals surface area contributed by atoms with Crippen molar-refractivity contribution in [2.45, 2.75) is 17.9 Å². The Labute approximate surface area is 132 Å². The van der Waals surface area contributed by atoms with Gasteiger partial charge in [0, 0.05) is 15.5 Å². The van der Waals surface area contributed by atoms with Gasteiger partial charge in [-0.3, -0.25) is 0 Å². The van der Waals surface area contributed by atoms with Crippen LogP contribution in [0.5, 0.6) is 0 Å². The molecule has 0 amide bonds. The Morgan fingerprint density at radius 2 is 1.80 bits per heavy atom. The highest BCUT2D eigenvalue weighted by molar-refractivity contribution is 9.10. The van der Waals surface area contributed by atoms with Crippen molar-refractivity contribution in [1.82, 2.24) is 4.72 Å². The van der Waals surface area contributed by atoms with Crippen LogP contribution in [0.2, 0.25) is 5.02 Å². The third-order valence-corrected chi connectivity index (χ3v) is 5.11. The second-order valence-corrected chi connectivity index (χ2v) is 7.42. The maximum atomic E-state index is 12.2. The Kier molecular flexibility index (Phi) is 4.86. The smallest absolute Gasteiger partial charge is 0.207 e. The Balaban J connectivity index is 2.22. The van der Waals surface area contributed by atoms with Gasteiger partial charge in [0.1, 0.15) is 0 Å². The first-order valence-electron chi connectivity index (χ1n) is 5.92.